The number of carbonyl (C=O) groups excluding carboxylic acids is 1. The van der Waals surface area contributed by atoms with Gasteiger partial charge in [-0.15, -0.1) is 0 Å². The maximum Gasteiger partial charge on any atom is 0.315 e. The second-order valence-electron chi connectivity index (χ2n) is 5.58. The zero-order valence-electron chi connectivity index (χ0n) is 12.5. The van der Waals surface area contributed by atoms with Crippen molar-refractivity contribution in [1.29, 1.82) is 0 Å². The summed E-state index contributed by atoms with van der Waals surface area (Å²) in [4.78, 5) is 14.0. The summed E-state index contributed by atoms with van der Waals surface area (Å²) in [6, 6.07) is 0.112. The second-order valence-corrected chi connectivity index (χ2v) is 5.58. The van der Waals surface area contributed by atoms with Crippen LogP contribution in [0.5, 0.6) is 0 Å². The molecule has 0 radical (unpaired) electrons. The van der Waals surface area contributed by atoms with Gasteiger partial charge in [0.1, 0.15) is 0 Å². The van der Waals surface area contributed by atoms with Crippen LogP contribution in [0, 0.1) is 5.92 Å². The number of rotatable bonds is 6. The lowest BCUT2D eigenvalue weighted by Crippen LogP contribution is -2.48. The molecule has 0 saturated carbocycles. The molecule has 1 heterocycles. The predicted molar refractivity (Wildman–Crippen MR) is 77.1 cm³/mol. The molecule has 5 nitrogen and oxygen atoms in total. The monoisotopic (exact) mass is 271 g/mol. The molecule has 0 aliphatic carbocycles. The van der Waals surface area contributed by atoms with Crippen molar-refractivity contribution in [3.05, 3.63) is 0 Å². The van der Waals surface area contributed by atoms with Crippen LogP contribution < -0.4 is 10.6 Å². The van der Waals surface area contributed by atoms with Gasteiger partial charge in [0.2, 0.25) is 0 Å². The largest absolute Gasteiger partial charge is 0.391 e. The molecule has 5 heteroatoms. The number of aliphatic hydroxyl groups is 1. The van der Waals surface area contributed by atoms with Crippen LogP contribution >= 0.6 is 0 Å². The van der Waals surface area contributed by atoms with Crippen molar-refractivity contribution in [3.63, 3.8) is 0 Å². The van der Waals surface area contributed by atoms with Crippen molar-refractivity contribution in [2.24, 2.45) is 5.92 Å². The van der Waals surface area contributed by atoms with E-state index in [0.29, 0.717) is 6.54 Å². The summed E-state index contributed by atoms with van der Waals surface area (Å²) in [6.07, 6.45) is 3.43. The highest BCUT2D eigenvalue weighted by molar-refractivity contribution is 5.74. The number of likely N-dealkylation sites (tertiary alicyclic amines) is 1. The van der Waals surface area contributed by atoms with Gasteiger partial charge in [-0.2, -0.15) is 0 Å². The van der Waals surface area contributed by atoms with Crippen LogP contribution in [0.25, 0.3) is 0 Å². The fourth-order valence-electron chi connectivity index (χ4n) is 2.59. The minimum atomic E-state index is -0.446. The van der Waals surface area contributed by atoms with E-state index in [9.17, 15) is 9.90 Å². The van der Waals surface area contributed by atoms with E-state index in [4.69, 9.17) is 0 Å². The van der Waals surface area contributed by atoms with Gasteiger partial charge in [0.05, 0.1) is 6.10 Å². The molecular formula is C14H29N3O2. The topological polar surface area (TPSA) is 64.6 Å². The van der Waals surface area contributed by atoms with Crippen molar-refractivity contribution in [2.75, 3.05) is 26.7 Å². The molecular weight excluding hydrogens is 242 g/mol. The minimum Gasteiger partial charge on any atom is -0.391 e. The van der Waals surface area contributed by atoms with Crippen LogP contribution in [-0.4, -0.2) is 54.9 Å². The standard InChI is InChI=1S/C14H29N3O2/c1-4-11(5-2)13(18)10-15-14(19)16-12-6-8-17(3)9-7-12/h11-13,18H,4-10H2,1-3H3,(H2,15,16,19). The number of urea groups is 1. The molecule has 1 atom stereocenters. The fourth-order valence-corrected chi connectivity index (χ4v) is 2.59. The van der Waals surface area contributed by atoms with Crippen molar-refractivity contribution >= 4 is 6.03 Å². The quantitative estimate of drug-likeness (QED) is 0.679. The molecule has 19 heavy (non-hydrogen) atoms. The lowest BCUT2D eigenvalue weighted by atomic mass is 9.97. The van der Waals surface area contributed by atoms with Gasteiger partial charge in [-0.1, -0.05) is 26.7 Å². The zero-order valence-corrected chi connectivity index (χ0v) is 12.5. The van der Waals surface area contributed by atoms with Crippen molar-refractivity contribution in [1.82, 2.24) is 15.5 Å². The average molecular weight is 271 g/mol. The third kappa shape index (κ3) is 5.78. The summed E-state index contributed by atoms with van der Waals surface area (Å²) in [5.74, 6) is 0.267. The van der Waals surface area contributed by atoms with Gasteiger partial charge in [0.25, 0.3) is 0 Å². The highest BCUT2D eigenvalue weighted by Gasteiger charge is 2.20. The number of nitrogens with zero attached hydrogens (tertiary/aromatic N) is 1. The number of nitrogens with one attached hydrogen (secondary N) is 2. The number of aliphatic hydroxyl groups excluding tert-OH is 1. The van der Waals surface area contributed by atoms with Crippen LogP contribution in [0.2, 0.25) is 0 Å². The third-order valence-corrected chi connectivity index (χ3v) is 4.12. The first-order valence-electron chi connectivity index (χ1n) is 7.47. The van der Waals surface area contributed by atoms with E-state index in [2.05, 4.69) is 36.4 Å². The molecule has 0 spiro atoms. The van der Waals surface area contributed by atoms with E-state index in [1.807, 2.05) is 0 Å². The smallest absolute Gasteiger partial charge is 0.315 e. The molecule has 1 rings (SSSR count). The Morgan fingerprint density at radius 2 is 1.89 bits per heavy atom. The summed E-state index contributed by atoms with van der Waals surface area (Å²) < 4.78 is 0. The summed E-state index contributed by atoms with van der Waals surface area (Å²) in [5.41, 5.74) is 0. The number of hydrogen-bond acceptors (Lipinski definition) is 3. The molecule has 1 saturated heterocycles. The highest BCUT2D eigenvalue weighted by atomic mass is 16.3. The van der Waals surface area contributed by atoms with E-state index in [0.717, 1.165) is 38.8 Å². The fraction of sp³-hybridized carbons (Fsp3) is 0.929. The maximum atomic E-state index is 11.7. The molecule has 0 aromatic heterocycles. The van der Waals surface area contributed by atoms with E-state index in [1.165, 1.54) is 0 Å². The predicted octanol–water partition coefficient (Wildman–Crippen LogP) is 1.18. The number of carbonyl (C=O) groups is 1. The lowest BCUT2D eigenvalue weighted by Gasteiger charge is -2.29. The number of amides is 2. The first-order chi connectivity index (χ1) is 9.06. The molecule has 112 valence electrons. The van der Waals surface area contributed by atoms with Crippen LogP contribution in [0.3, 0.4) is 0 Å². The maximum absolute atomic E-state index is 11.7. The summed E-state index contributed by atoms with van der Waals surface area (Å²) in [7, 11) is 2.10. The molecule has 1 fully saturated rings. The molecule has 0 bridgehead atoms. The van der Waals surface area contributed by atoms with Crippen LogP contribution in [0.15, 0.2) is 0 Å². The average Bonchev–Trinajstić information content (AvgIpc) is 2.40. The third-order valence-electron chi connectivity index (χ3n) is 4.12. The van der Waals surface area contributed by atoms with Gasteiger partial charge in [-0.3, -0.25) is 0 Å². The van der Waals surface area contributed by atoms with Crippen molar-refractivity contribution < 1.29 is 9.90 Å². The normalized spacial score (nSPS) is 19.4. The Balaban J connectivity index is 2.20. The van der Waals surface area contributed by atoms with Crippen LogP contribution in [0.1, 0.15) is 39.5 Å². The Morgan fingerprint density at radius 1 is 1.32 bits per heavy atom. The molecule has 0 aromatic carbocycles. The van der Waals surface area contributed by atoms with Crippen LogP contribution in [-0.2, 0) is 0 Å². The van der Waals surface area contributed by atoms with Gasteiger partial charge in [-0.05, 0) is 38.9 Å². The van der Waals surface area contributed by atoms with Gasteiger partial charge >= 0.3 is 6.03 Å². The Labute approximate surface area is 116 Å². The molecule has 1 aliphatic rings. The first kappa shape index (κ1) is 16.2. The van der Waals surface area contributed by atoms with Gasteiger partial charge in [-0.25, -0.2) is 4.79 Å². The highest BCUT2D eigenvalue weighted by Crippen LogP contribution is 2.12. The SMILES string of the molecule is CCC(CC)C(O)CNC(=O)NC1CCN(C)CC1. The van der Waals surface area contributed by atoms with E-state index >= 15 is 0 Å². The number of piperidine rings is 1. The summed E-state index contributed by atoms with van der Waals surface area (Å²) in [6.45, 7) is 6.53. The first-order valence-corrected chi connectivity index (χ1v) is 7.47. The van der Waals surface area contributed by atoms with Gasteiger partial charge in [0.15, 0.2) is 0 Å². The molecule has 3 N–H and O–H groups in total. The Morgan fingerprint density at radius 3 is 2.42 bits per heavy atom. The number of hydrogen-bond donors (Lipinski definition) is 3. The van der Waals surface area contributed by atoms with E-state index in [1.54, 1.807) is 0 Å². The Hall–Kier alpha value is -0.810. The minimum absolute atomic E-state index is 0.153. The second kappa shape index (κ2) is 8.38. The van der Waals surface area contributed by atoms with Crippen LogP contribution in [0.4, 0.5) is 4.79 Å². The molecule has 2 amide bonds. The van der Waals surface area contributed by atoms with E-state index in [-0.39, 0.29) is 18.0 Å². The van der Waals surface area contributed by atoms with Gasteiger partial charge in [0, 0.05) is 12.6 Å². The van der Waals surface area contributed by atoms with Gasteiger partial charge < -0.3 is 20.6 Å². The molecule has 1 unspecified atom stereocenters. The summed E-state index contributed by atoms with van der Waals surface area (Å²) >= 11 is 0. The molecule has 1 aliphatic heterocycles. The summed E-state index contributed by atoms with van der Waals surface area (Å²) in [5, 5.41) is 15.7. The molecule has 0 aromatic rings. The van der Waals surface area contributed by atoms with Crippen molar-refractivity contribution in [2.45, 2.75) is 51.7 Å². The van der Waals surface area contributed by atoms with Crippen molar-refractivity contribution in [3.8, 4) is 0 Å². The zero-order chi connectivity index (χ0) is 14.3. The Bertz CT molecular complexity index is 261. The van der Waals surface area contributed by atoms with E-state index < -0.39 is 6.10 Å². The lowest BCUT2D eigenvalue weighted by molar-refractivity contribution is 0.103. The Kier molecular flexibility index (Phi) is 7.16.